The smallest absolute Gasteiger partial charge is 0.315 e. The first-order valence-electron chi connectivity index (χ1n) is 9.73. The van der Waals surface area contributed by atoms with Crippen LogP contribution in [0, 0.1) is 0 Å². The molecule has 2 aromatic carbocycles. The Morgan fingerprint density at radius 3 is 2.43 bits per heavy atom. The van der Waals surface area contributed by atoms with Crippen molar-refractivity contribution in [3.05, 3.63) is 48.0 Å². The zero-order valence-corrected chi connectivity index (χ0v) is 17.4. The van der Waals surface area contributed by atoms with Gasteiger partial charge >= 0.3 is 6.03 Å². The van der Waals surface area contributed by atoms with Gasteiger partial charge in [-0.1, -0.05) is 12.1 Å². The van der Waals surface area contributed by atoms with Crippen molar-refractivity contribution in [2.75, 3.05) is 39.3 Å². The lowest BCUT2D eigenvalue weighted by molar-refractivity contribution is -0.117. The van der Waals surface area contributed by atoms with Gasteiger partial charge < -0.3 is 29.7 Å². The Morgan fingerprint density at radius 2 is 1.77 bits per heavy atom. The second-order valence-electron chi connectivity index (χ2n) is 6.94. The van der Waals surface area contributed by atoms with Crippen molar-refractivity contribution in [2.24, 2.45) is 0 Å². The highest BCUT2D eigenvalue weighted by Crippen LogP contribution is 2.33. The van der Waals surface area contributed by atoms with Gasteiger partial charge in [0.25, 0.3) is 0 Å². The van der Waals surface area contributed by atoms with Crippen molar-refractivity contribution in [3.8, 4) is 17.2 Å². The second-order valence-corrected chi connectivity index (χ2v) is 6.94. The molecule has 2 aromatic rings. The predicted octanol–water partition coefficient (Wildman–Crippen LogP) is 2.36. The number of methoxy groups -OCH3 is 3. The summed E-state index contributed by atoms with van der Waals surface area (Å²) in [6.45, 7) is 0.901. The Hall–Kier alpha value is -3.42. The van der Waals surface area contributed by atoms with Gasteiger partial charge in [0.05, 0.1) is 27.4 Å². The molecule has 1 heterocycles. The van der Waals surface area contributed by atoms with Gasteiger partial charge in [-0.25, -0.2) is 4.79 Å². The second kappa shape index (κ2) is 9.87. The highest BCUT2D eigenvalue weighted by atomic mass is 16.5. The van der Waals surface area contributed by atoms with E-state index in [-0.39, 0.29) is 24.4 Å². The first-order chi connectivity index (χ1) is 14.5. The molecule has 30 heavy (non-hydrogen) atoms. The minimum absolute atomic E-state index is 0.0502. The molecule has 0 unspecified atom stereocenters. The van der Waals surface area contributed by atoms with E-state index in [0.717, 1.165) is 11.3 Å². The van der Waals surface area contributed by atoms with Crippen LogP contribution in [0.15, 0.2) is 42.5 Å². The number of hydrogen-bond acceptors (Lipinski definition) is 5. The van der Waals surface area contributed by atoms with Gasteiger partial charge in [-0.05, 0) is 36.2 Å². The lowest BCUT2D eigenvalue weighted by Crippen LogP contribution is -2.43. The number of urea groups is 1. The highest BCUT2D eigenvalue weighted by molar-refractivity contribution is 5.97. The van der Waals surface area contributed by atoms with Gasteiger partial charge in [0.2, 0.25) is 5.91 Å². The van der Waals surface area contributed by atoms with Crippen LogP contribution in [0.25, 0.3) is 0 Å². The van der Waals surface area contributed by atoms with Gasteiger partial charge in [-0.3, -0.25) is 4.79 Å². The van der Waals surface area contributed by atoms with E-state index in [4.69, 9.17) is 14.2 Å². The first kappa shape index (κ1) is 21.3. The van der Waals surface area contributed by atoms with E-state index >= 15 is 0 Å². The number of benzene rings is 2. The molecule has 1 saturated heterocycles. The predicted molar refractivity (Wildman–Crippen MR) is 114 cm³/mol. The van der Waals surface area contributed by atoms with Crippen LogP contribution in [-0.2, 0) is 11.2 Å². The van der Waals surface area contributed by atoms with Crippen LogP contribution in [0.4, 0.5) is 10.5 Å². The average Bonchev–Trinajstić information content (AvgIpc) is 3.13. The Bertz CT molecular complexity index is 885. The number of nitrogens with zero attached hydrogens (tertiary/aromatic N) is 1. The molecule has 0 saturated carbocycles. The minimum atomic E-state index is -0.282. The Kier molecular flexibility index (Phi) is 7.00. The highest BCUT2D eigenvalue weighted by Gasteiger charge is 2.32. The summed E-state index contributed by atoms with van der Waals surface area (Å²) in [6, 6.07) is 12.5. The summed E-state index contributed by atoms with van der Waals surface area (Å²) in [6.07, 6.45) is 0.957. The number of ether oxygens (including phenoxy) is 3. The van der Waals surface area contributed by atoms with Gasteiger partial charge in [-0.15, -0.1) is 0 Å². The van der Waals surface area contributed by atoms with Gasteiger partial charge in [0, 0.05) is 31.3 Å². The van der Waals surface area contributed by atoms with E-state index in [1.807, 2.05) is 24.3 Å². The molecule has 160 valence electrons. The first-order valence-corrected chi connectivity index (χ1v) is 9.73. The van der Waals surface area contributed by atoms with Crippen LogP contribution in [-0.4, -0.2) is 52.4 Å². The van der Waals surface area contributed by atoms with Gasteiger partial charge in [0.1, 0.15) is 5.75 Å². The fourth-order valence-corrected chi connectivity index (χ4v) is 3.40. The third kappa shape index (κ3) is 5.14. The Balaban J connectivity index is 1.49. The summed E-state index contributed by atoms with van der Waals surface area (Å²) in [4.78, 5) is 26.3. The summed E-state index contributed by atoms with van der Waals surface area (Å²) < 4.78 is 15.7. The maximum Gasteiger partial charge on any atom is 0.315 e. The molecule has 0 aromatic heterocycles. The molecule has 1 atom stereocenters. The zero-order valence-electron chi connectivity index (χ0n) is 17.4. The van der Waals surface area contributed by atoms with Crippen molar-refractivity contribution < 1.29 is 23.8 Å². The fourth-order valence-electron chi connectivity index (χ4n) is 3.40. The number of rotatable bonds is 8. The van der Waals surface area contributed by atoms with E-state index in [2.05, 4.69) is 10.6 Å². The molecule has 0 radical (unpaired) electrons. The molecule has 8 nitrogen and oxygen atoms in total. The van der Waals surface area contributed by atoms with Crippen LogP contribution < -0.4 is 29.7 Å². The van der Waals surface area contributed by atoms with E-state index < -0.39 is 0 Å². The molecule has 2 N–H and O–H groups in total. The van der Waals surface area contributed by atoms with Gasteiger partial charge in [-0.2, -0.15) is 0 Å². The maximum absolute atomic E-state index is 12.4. The molecule has 1 aliphatic heterocycles. The number of nitrogens with one attached hydrogen (secondary N) is 2. The molecule has 0 bridgehead atoms. The lowest BCUT2D eigenvalue weighted by Gasteiger charge is -2.19. The van der Waals surface area contributed by atoms with Crippen LogP contribution in [0.5, 0.6) is 17.2 Å². The summed E-state index contributed by atoms with van der Waals surface area (Å²) in [5, 5.41) is 5.72. The summed E-state index contributed by atoms with van der Waals surface area (Å²) >= 11 is 0. The van der Waals surface area contributed by atoms with Crippen molar-refractivity contribution >= 4 is 17.6 Å². The topological polar surface area (TPSA) is 89.1 Å². The summed E-state index contributed by atoms with van der Waals surface area (Å²) in [7, 11) is 4.74. The standard InChI is InChI=1S/C22H27N3O5/c1-28-18-7-4-15(5-8-18)10-11-23-22(27)24-16-12-21(26)25(14-16)17-6-9-19(29-2)20(13-17)30-3/h4-9,13,16H,10-12,14H2,1-3H3,(H2,23,24,27)/t16-/m0/s1. The van der Waals surface area contributed by atoms with Crippen molar-refractivity contribution in [1.29, 1.82) is 0 Å². The quantitative estimate of drug-likeness (QED) is 0.694. The molecular formula is C22H27N3O5. The molecular weight excluding hydrogens is 386 g/mol. The van der Waals surface area contributed by atoms with Crippen LogP contribution in [0.2, 0.25) is 0 Å². The monoisotopic (exact) mass is 413 g/mol. The summed E-state index contributed by atoms with van der Waals surface area (Å²) in [5.74, 6) is 1.90. The Morgan fingerprint density at radius 1 is 1.03 bits per heavy atom. The number of anilines is 1. The van der Waals surface area contributed by atoms with Crippen molar-refractivity contribution in [3.63, 3.8) is 0 Å². The molecule has 0 spiro atoms. The molecule has 8 heteroatoms. The molecule has 0 aliphatic carbocycles. The van der Waals surface area contributed by atoms with Crippen LogP contribution in [0.1, 0.15) is 12.0 Å². The number of amides is 3. The lowest BCUT2D eigenvalue weighted by atomic mass is 10.1. The third-order valence-corrected chi connectivity index (χ3v) is 5.00. The van der Waals surface area contributed by atoms with E-state index in [9.17, 15) is 9.59 Å². The maximum atomic E-state index is 12.4. The SMILES string of the molecule is COc1ccc(CCNC(=O)N[C@H]2CC(=O)N(c3ccc(OC)c(OC)c3)C2)cc1. The molecule has 3 rings (SSSR count). The number of hydrogen-bond donors (Lipinski definition) is 2. The van der Waals surface area contributed by atoms with E-state index in [1.165, 1.54) is 0 Å². The van der Waals surface area contributed by atoms with Crippen LogP contribution >= 0.6 is 0 Å². The molecule has 1 aliphatic rings. The summed E-state index contributed by atoms with van der Waals surface area (Å²) in [5.41, 5.74) is 1.81. The van der Waals surface area contributed by atoms with Crippen LogP contribution in [0.3, 0.4) is 0 Å². The Labute approximate surface area is 176 Å². The largest absolute Gasteiger partial charge is 0.497 e. The average molecular weight is 413 g/mol. The zero-order chi connectivity index (χ0) is 21.5. The molecule has 3 amide bonds. The fraction of sp³-hybridized carbons (Fsp3) is 0.364. The van der Waals surface area contributed by atoms with Crippen molar-refractivity contribution in [1.82, 2.24) is 10.6 Å². The van der Waals surface area contributed by atoms with E-state index in [1.54, 1.807) is 44.4 Å². The number of carbonyl (C=O) groups excluding carboxylic acids is 2. The normalized spacial score (nSPS) is 15.6. The van der Waals surface area contributed by atoms with Crippen molar-refractivity contribution in [2.45, 2.75) is 18.9 Å². The van der Waals surface area contributed by atoms with E-state index in [0.29, 0.717) is 36.7 Å². The van der Waals surface area contributed by atoms with Gasteiger partial charge in [0.15, 0.2) is 11.5 Å². The number of carbonyl (C=O) groups is 2. The third-order valence-electron chi connectivity index (χ3n) is 5.00. The molecule has 1 fully saturated rings. The minimum Gasteiger partial charge on any atom is -0.497 e.